The van der Waals surface area contributed by atoms with Gasteiger partial charge in [0, 0.05) is 5.69 Å². The Labute approximate surface area is 87.7 Å². The standard InChI is InChI=1S/C11H13NO3/c12-8-2-4-10-7(5-8)1-3-9(15-10)6-11(13)14/h2,4-5,9H,1,3,6,12H2,(H,13,14). The fourth-order valence-corrected chi connectivity index (χ4v) is 1.80. The van der Waals surface area contributed by atoms with Gasteiger partial charge in [-0.1, -0.05) is 0 Å². The maximum Gasteiger partial charge on any atom is 0.307 e. The number of nitrogen functional groups attached to an aromatic ring is 1. The van der Waals surface area contributed by atoms with Gasteiger partial charge in [0.25, 0.3) is 0 Å². The van der Waals surface area contributed by atoms with E-state index in [1.54, 1.807) is 12.1 Å². The molecule has 0 spiro atoms. The zero-order valence-corrected chi connectivity index (χ0v) is 8.27. The molecule has 0 aliphatic carbocycles. The van der Waals surface area contributed by atoms with E-state index < -0.39 is 5.97 Å². The van der Waals surface area contributed by atoms with Crippen LogP contribution in [0.5, 0.6) is 5.75 Å². The number of benzene rings is 1. The number of carboxylic acids is 1. The molecule has 0 fully saturated rings. The molecule has 1 unspecified atom stereocenters. The third-order valence-electron chi connectivity index (χ3n) is 2.52. The van der Waals surface area contributed by atoms with Crippen LogP contribution < -0.4 is 10.5 Å². The number of nitrogens with two attached hydrogens (primary N) is 1. The van der Waals surface area contributed by atoms with Crippen LogP contribution in [0.1, 0.15) is 18.4 Å². The molecule has 1 aromatic carbocycles. The highest BCUT2D eigenvalue weighted by molar-refractivity contribution is 5.67. The number of ether oxygens (including phenoxy) is 1. The Kier molecular flexibility index (Phi) is 2.49. The smallest absolute Gasteiger partial charge is 0.307 e. The lowest BCUT2D eigenvalue weighted by Crippen LogP contribution is -2.25. The van der Waals surface area contributed by atoms with Crippen LogP contribution in [0.25, 0.3) is 0 Å². The summed E-state index contributed by atoms with van der Waals surface area (Å²) in [6.45, 7) is 0. The molecule has 1 heterocycles. The number of carboxylic acid groups (broad SMARTS) is 1. The molecule has 1 aliphatic heterocycles. The molecule has 1 aliphatic rings. The fourth-order valence-electron chi connectivity index (χ4n) is 1.80. The first-order chi connectivity index (χ1) is 7.15. The van der Waals surface area contributed by atoms with Gasteiger partial charge in [0.05, 0.1) is 6.42 Å². The first-order valence-electron chi connectivity index (χ1n) is 4.92. The highest BCUT2D eigenvalue weighted by atomic mass is 16.5. The summed E-state index contributed by atoms with van der Waals surface area (Å²) >= 11 is 0. The van der Waals surface area contributed by atoms with Crippen LogP contribution in [0.15, 0.2) is 18.2 Å². The molecule has 2 rings (SSSR count). The van der Waals surface area contributed by atoms with E-state index in [1.165, 1.54) is 0 Å². The van der Waals surface area contributed by atoms with Gasteiger partial charge in [0.1, 0.15) is 11.9 Å². The third-order valence-corrected chi connectivity index (χ3v) is 2.52. The molecule has 4 heteroatoms. The maximum atomic E-state index is 10.5. The van der Waals surface area contributed by atoms with Crippen molar-refractivity contribution >= 4 is 11.7 Å². The van der Waals surface area contributed by atoms with Crippen molar-refractivity contribution in [2.45, 2.75) is 25.4 Å². The zero-order valence-electron chi connectivity index (χ0n) is 8.27. The van der Waals surface area contributed by atoms with Crippen LogP contribution in [-0.2, 0) is 11.2 Å². The van der Waals surface area contributed by atoms with E-state index in [4.69, 9.17) is 15.6 Å². The summed E-state index contributed by atoms with van der Waals surface area (Å²) in [6, 6.07) is 5.45. The van der Waals surface area contributed by atoms with E-state index in [1.807, 2.05) is 6.07 Å². The van der Waals surface area contributed by atoms with Gasteiger partial charge in [-0.2, -0.15) is 0 Å². The predicted octanol–water partition coefficient (Wildman–Crippen LogP) is 1.44. The Hall–Kier alpha value is -1.71. The lowest BCUT2D eigenvalue weighted by Gasteiger charge is -2.25. The minimum Gasteiger partial charge on any atom is -0.490 e. The topological polar surface area (TPSA) is 72.6 Å². The van der Waals surface area contributed by atoms with Crippen LogP contribution in [0.4, 0.5) is 5.69 Å². The van der Waals surface area contributed by atoms with E-state index in [9.17, 15) is 4.79 Å². The molecular weight excluding hydrogens is 194 g/mol. The van der Waals surface area contributed by atoms with E-state index >= 15 is 0 Å². The molecule has 0 saturated heterocycles. The van der Waals surface area contributed by atoms with Crippen molar-refractivity contribution in [1.29, 1.82) is 0 Å². The normalized spacial score (nSPS) is 19.1. The number of rotatable bonds is 2. The quantitative estimate of drug-likeness (QED) is 0.720. The number of hydrogen-bond donors (Lipinski definition) is 2. The van der Waals surface area contributed by atoms with Gasteiger partial charge < -0.3 is 15.6 Å². The molecule has 0 amide bonds. The molecule has 80 valence electrons. The van der Waals surface area contributed by atoms with Crippen molar-refractivity contribution in [2.75, 3.05) is 5.73 Å². The van der Waals surface area contributed by atoms with Crippen molar-refractivity contribution in [2.24, 2.45) is 0 Å². The van der Waals surface area contributed by atoms with Crippen LogP contribution >= 0.6 is 0 Å². The Morgan fingerprint density at radius 3 is 3.13 bits per heavy atom. The van der Waals surface area contributed by atoms with Crippen molar-refractivity contribution in [1.82, 2.24) is 0 Å². The summed E-state index contributed by atoms with van der Waals surface area (Å²) in [5.41, 5.74) is 7.43. The highest BCUT2D eigenvalue weighted by Gasteiger charge is 2.21. The van der Waals surface area contributed by atoms with Crippen molar-refractivity contribution in [3.05, 3.63) is 23.8 Å². The number of aryl methyl sites for hydroxylation is 1. The molecular formula is C11H13NO3. The molecule has 0 radical (unpaired) electrons. The summed E-state index contributed by atoms with van der Waals surface area (Å²) in [4.78, 5) is 10.5. The van der Waals surface area contributed by atoms with Crippen LogP contribution in [0, 0.1) is 0 Å². The predicted molar refractivity (Wildman–Crippen MR) is 55.8 cm³/mol. The molecule has 1 atom stereocenters. The summed E-state index contributed by atoms with van der Waals surface area (Å²) < 4.78 is 5.56. The number of hydrogen-bond acceptors (Lipinski definition) is 3. The van der Waals surface area contributed by atoms with E-state index in [0.717, 1.165) is 24.2 Å². The Morgan fingerprint density at radius 1 is 1.60 bits per heavy atom. The first-order valence-corrected chi connectivity index (χ1v) is 4.92. The number of anilines is 1. The van der Waals surface area contributed by atoms with Gasteiger partial charge in [-0.25, -0.2) is 0 Å². The molecule has 1 aromatic rings. The van der Waals surface area contributed by atoms with Gasteiger partial charge in [-0.05, 0) is 36.6 Å². The van der Waals surface area contributed by atoms with E-state index in [0.29, 0.717) is 5.69 Å². The minimum atomic E-state index is -0.820. The van der Waals surface area contributed by atoms with Crippen molar-refractivity contribution < 1.29 is 14.6 Å². The molecule has 0 saturated carbocycles. The first kappa shape index (κ1) is 9.83. The molecule has 0 bridgehead atoms. The Balaban J connectivity index is 2.13. The van der Waals surface area contributed by atoms with Gasteiger partial charge >= 0.3 is 5.97 Å². The van der Waals surface area contributed by atoms with Crippen LogP contribution in [0.3, 0.4) is 0 Å². The lowest BCUT2D eigenvalue weighted by molar-refractivity contribution is -0.139. The fraction of sp³-hybridized carbons (Fsp3) is 0.364. The SMILES string of the molecule is Nc1ccc2c(c1)CCC(CC(=O)O)O2. The van der Waals surface area contributed by atoms with Gasteiger partial charge in [-0.15, -0.1) is 0 Å². The second-order valence-electron chi connectivity index (χ2n) is 3.74. The maximum absolute atomic E-state index is 10.5. The molecule has 0 aromatic heterocycles. The second-order valence-corrected chi connectivity index (χ2v) is 3.74. The lowest BCUT2D eigenvalue weighted by atomic mass is 10.00. The second kappa shape index (κ2) is 3.81. The van der Waals surface area contributed by atoms with E-state index in [2.05, 4.69) is 0 Å². The molecule has 15 heavy (non-hydrogen) atoms. The average molecular weight is 207 g/mol. The third kappa shape index (κ3) is 2.21. The summed E-state index contributed by atoms with van der Waals surface area (Å²) in [7, 11) is 0. The average Bonchev–Trinajstić information content (AvgIpc) is 2.17. The summed E-state index contributed by atoms with van der Waals surface area (Å²) in [5.74, 6) is -0.0550. The largest absolute Gasteiger partial charge is 0.490 e. The minimum absolute atomic E-state index is 0.0593. The van der Waals surface area contributed by atoms with Gasteiger partial charge in [0.15, 0.2) is 0 Å². The number of aliphatic carboxylic acids is 1. The van der Waals surface area contributed by atoms with Crippen LogP contribution in [-0.4, -0.2) is 17.2 Å². The Morgan fingerprint density at radius 2 is 2.40 bits per heavy atom. The summed E-state index contributed by atoms with van der Waals surface area (Å²) in [6.07, 6.45) is 1.42. The molecule has 4 nitrogen and oxygen atoms in total. The highest BCUT2D eigenvalue weighted by Crippen LogP contribution is 2.30. The molecule has 3 N–H and O–H groups in total. The zero-order chi connectivity index (χ0) is 10.8. The number of carbonyl (C=O) groups is 1. The van der Waals surface area contributed by atoms with Gasteiger partial charge in [-0.3, -0.25) is 4.79 Å². The summed E-state index contributed by atoms with van der Waals surface area (Å²) in [5, 5.41) is 8.66. The monoisotopic (exact) mass is 207 g/mol. The van der Waals surface area contributed by atoms with Crippen molar-refractivity contribution in [3.8, 4) is 5.75 Å². The number of fused-ring (bicyclic) bond motifs is 1. The van der Waals surface area contributed by atoms with E-state index in [-0.39, 0.29) is 12.5 Å². The van der Waals surface area contributed by atoms with Gasteiger partial charge in [0.2, 0.25) is 0 Å². The Bertz CT molecular complexity index is 389. The van der Waals surface area contributed by atoms with Crippen LogP contribution in [0.2, 0.25) is 0 Å². The van der Waals surface area contributed by atoms with Crippen molar-refractivity contribution in [3.63, 3.8) is 0 Å².